The Bertz CT molecular complexity index is 1170. The Labute approximate surface area is 202 Å². The van der Waals surface area contributed by atoms with Crippen LogP contribution in [0, 0.1) is 0 Å². The number of nitrogens with one attached hydrogen (secondary N) is 2. The SMILES string of the molecule is CCOC(=O)c1c(NC(=O)NN=Cc2cccc(OCc3ccccc3)c2)sc2c1CCCC2. The number of anilines is 1. The normalized spacial score (nSPS) is 12.7. The van der Waals surface area contributed by atoms with Gasteiger partial charge in [-0.1, -0.05) is 42.5 Å². The fraction of sp³-hybridized carbons (Fsp3) is 0.269. The molecule has 2 amide bonds. The third-order valence-electron chi connectivity index (χ3n) is 5.36. The quantitative estimate of drug-likeness (QED) is 0.253. The fourth-order valence-corrected chi connectivity index (χ4v) is 5.07. The van der Waals surface area contributed by atoms with Gasteiger partial charge in [0.25, 0.3) is 0 Å². The zero-order chi connectivity index (χ0) is 23.8. The second-order valence-corrected chi connectivity index (χ2v) is 8.91. The van der Waals surface area contributed by atoms with Gasteiger partial charge in [0.1, 0.15) is 17.4 Å². The molecule has 0 spiro atoms. The number of nitrogens with zero attached hydrogens (tertiary/aromatic N) is 1. The van der Waals surface area contributed by atoms with Crippen LogP contribution in [0.3, 0.4) is 0 Å². The van der Waals surface area contributed by atoms with Gasteiger partial charge < -0.3 is 9.47 Å². The molecule has 3 aromatic rings. The summed E-state index contributed by atoms with van der Waals surface area (Å²) in [6, 6.07) is 16.9. The van der Waals surface area contributed by atoms with Gasteiger partial charge in [-0.15, -0.1) is 11.3 Å². The molecule has 0 fully saturated rings. The summed E-state index contributed by atoms with van der Waals surface area (Å²) in [5, 5.41) is 7.32. The topological polar surface area (TPSA) is 89.0 Å². The van der Waals surface area contributed by atoms with Gasteiger partial charge in [-0.05, 0) is 61.4 Å². The first-order valence-electron chi connectivity index (χ1n) is 11.3. The lowest BCUT2D eigenvalue weighted by atomic mass is 9.95. The molecule has 2 N–H and O–H groups in total. The van der Waals surface area contributed by atoms with Crippen LogP contribution in [0.15, 0.2) is 59.7 Å². The van der Waals surface area contributed by atoms with Crippen molar-refractivity contribution in [3.05, 3.63) is 81.7 Å². The molecule has 1 aliphatic rings. The number of amides is 2. The van der Waals surface area contributed by atoms with Crippen molar-refractivity contribution in [3.63, 3.8) is 0 Å². The van der Waals surface area contributed by atoms with Crippen LogP contribution in [-0.4, -0.2) is 24.8 Å². The van der Waals surface area contributed by atoms with Crippen molar-refractivity contribution in [2.24, 2.45) is 5.10 Å². The lowest BCUT2D eigenvalue weighted by Crippen LogP contribution is -2.25. The first kappa shape index (κ1) is 23.5. The minimum Gasteiger partial charge on any atom is -0.489 e. The number of aryl methyl sites for hydroxylation is 1. The highest BCUT2D eigenvalue weighted by Gasteiger charge is 2.27. The number of urea groups is 1. The maximum atomic E-state index is 12.5. The Morgan fingerprint density at radius 2 is 1.91 bits per heavy atom. The van der Waals surface area contributed by atoms with Crippen molar-refractivity contribution in [3.8, 4) is 5.75 Å². The summed E-state index contributed by atoms with van der Waals surface area (Å²) in [6.45, 7) is 2.52. The molecule has 0 radical (unpaired) electrons. The molecular weight excluding hydrogens is 450 g/mol. The van der Waals surface area contributed by atoms with Crippen molar-refractivity contribution in [1.29, 1.82) is 0 Å². The summed E-state index contributed by atoms with van der Waals surface area (Å²) < 4.78 is 11.1. The molecule has 8 heteroatoms. The second-order valence-electron chi connectivity index (χ2n) is 7.81. The van der Waals surface area contributed by atoms with Gasteiger partial charge in [-0.3, -0.25) is 5.32 Å². The Morgan fingerprint density at radius 1 is 1.09 bits per heavy atom. The minimum atomic E-state index is -0.517. The van der Waals surface area contributed by atoms with Crippen LogP contribution in [0.2, 0.25) is 0 Å². The first-order valence-corrected chi connectivity index (χ1v) is 12.1. The highest BCUT2D eigenvalue weighted by atomic mass is 32.1. The number of hydrogen-bond acceptors (Lipinski definition) is 6. The molecule has 4 rings (SSSR count). The van der Waals surface area contributed by atoms with E-state index in [4.69, 9.17) is 9.47 Å². The van der Waals surface area contributed by atoms with Crippen LogP contribution in [0.5, 0.6) is 5.75 Å². The summed E-state index contributed by atoms with van der Waals surface area (Å²) in [6.07, 6.45) is 5.39. The molecule has 0 aliphatic heterocycles. The molecule has 1 heterocycles. The van der Waals surface area contributed by atoms with Crippen LogP contribution in [0.4, 0.5) is 9.80 Å². The third-order valence-corrected chi connectivity index (χ3v) is 6.57. The molecule has 1 aromatic heterocycles. The number of ether oxygens (including phenoxy) is 2. The molecule has 1 aliphatic carbocycles. The minimum absolute atomic E-state index is 0.285. The lowest BCUT2D eigenvalue weighted by molar-refractivity contribution is 0.0526. The van der Waals surface area contributed by atoms with Gasteiger partial charge >= 0.3 is 12.0 Å². The van der Waals surface area contributed by atoms with Crippen LogP contribution >= 0.6 is 11.3 Å². The smallest absolute Gasteiger partial charge is 0.341 e. The molecule has 0 saturated carbocycles. The number of benzene rings is 2. The predicted octanol–water partition coefficient (Wildman–Crippen LogP) is 5.54. The Kier molecular flexibility index (Phi) is 7.93. The zero-order valence-electron chi connectivity index (χ0n) is 19.0. The van der Waals surface area contributed by atoms with Crippen molar-refractivity contribution < 1.29 is 19.1 Å². The van der Waals surface area contributed by atoms with E-state index in [0.29, 0.717) is 22.9 Å². The number of esters is 1. The Balaban J connectivity index is 1.37. The average Bonchev–Trinajstić information content (AvgIpc) is 3.21. The van der Waals surface area contributed by atoms with E-state index in [-0.39, 0.29) is 6.61 Å². The molecule has 0 atom stereocenters. The van der Waals surface area contributed by atoms with Gasteiger partial charge in [0.15, 0.2) is 0 Å². The van der Waals surface area contributed by atoms with E-state index in [9.17, 15) is 9.59 Å². The van der Waals surface area contributed by atoms with E-state index in [1.165, 1.54) is 11.3 Å². The van der Waals surface area contributed by atoms with E-state index in [1.807, 2.05) is 54.6 Å². The van der Waals surface area contributed by atoms with E-state index in [1.54, 1.807) is 13.1 Å². The second kappa shape index (κ2) is 11.5. The molecule has 0 unspecified atom stereocenters. The van der Waals surface area contributed by atoms with E-state index in [0.717, 1.165) is 47.3 Å². The predicted molar refractivity (Wildman–Crippen MR) is 134 cm³/mol. The van der Waals surface area contributed by atoms with Gasteiger partial charge in [0.05, 0.1) is 18.4 Å². The maximum absolute atomic E-state index is 12.5. The number of carbonyl (C=O) groups is 2. The highest BCUT2D eigenvalue weighted by molar-refractivity contribution is 7.17. The highest BCUT2D eigenvalue weighted by Crippen LogP contribution is 2.38. The summed E-state index contributed by atoms with van der Waals surface area (Å²) in [5.74, 6) is 0.313. The summed E-state index contributed by atoms with van der Waals surface area (Å²) in [5.41, 5.74) is 5.81. The average molecular weight is 478 g/mol. The molecule has 34 heavy (non-hydrogen) atoms. The van der Waals surface area contributed by atoms with Gasteiger partial charge in [0, 0.05) is 4.88 Å². The summed E-state index contributed by atoms with van der Waals surface area (Å²) in [7, 11) is 0. The van der Waals surface area contributed by atoms with Crippen molar-refractivity contribution >= 4 is 34.6 Å². The number of carbonyl (C=O) groups excluding carboxylic acids is 2. The molecule has 0 saturated heterocycles. The standard InChI is InChI=1S/C26H27N3O4S/c1-2-32-25(30)23-21-13-6-7-14-22(21)34-24(23)28-26(31)29-27-16-19-11-8-12-20(15-19)33-17-18-9-4-3-5-10-18/h3-5,8-12,15-16H,2,6-7,13-14,17H2,1H3,(H2,28,29,31). The van der Waals surface area contributed by atoms with Crippen LogP contribution in [0.25, 0.3) is 0 Å². The van der Waals surface area contributed by atoms with E-state index < -0.39 is 12.0 Å². The summed E-state index contributed by atoms with van der Waals surface area (Å²) >= 11 is 1.44. The van der Waals surface area contributed by atoms with Gasteiger partial charge in [-0.2, -0.15) is 5.10 Å². The van der Waals surface area contributed by atoms with E-state index >= 15 is 0 Å². The maximum Gasteiger partial charge on any atom is 0.341 e. The zero-order valence-corrected chi connectivity index (χ0v) is 19.8. The lowest BCUT2D eigenvalue weighted by Gasteiger charge is -2.12. The van der Waals surface area contributed by atoms with E-state index in [2.05, 4.69) is 15.8 Å². The van der Waals surface area contributed by atoms with Crippen LogP contribution in [0.1, 0.15) is 51.7 Å². The number of rotatable bonds is 8. The number of hydrazone groups is 1. The van der Waals surface area contributed by atoms with Gasteiger partial charge in [0.2, 0.25) is 0 Å². The first-order chi connectivity index (χ1) is 16.6. The number of thiophene rings is 1. The largest absolute Gasteiger partial charge is 0.489 e. The Morgan fingerprint density at radius 3 is 2.74 bits per heavy atom. The molecule has 2 aromatic carbocycles. The van der Waals surface area contributed by atoms with Crippen molar-refractivity contribution in [2.75, 3.05) is 11.9 Å². The van der Waals surface area contributed by atoms with Crippen LogP contribution in [-0.2, 0) is 24.2 Å². The molecule has 176 valence electrons. The van der Waals surface area contributed by atoms with Crippen molar-refractivity contribution in [2.45, 2.75) is 39.2 Å². The number of hydrogen-bond donors (Lipinski definition) is 2. The Hall–Kier alpha value is -3.65. The molecule has 0 bridgehead atoms. The van der Waals surface area contributed by atoms with Crippen molar-refractivity contribution in [1.82, 2.24) is 5.43 Å². The third kappa shape index (κ3) is 6.02. The summed E-state index contributed by atoms with van der Waals surface area (Å²) in [4.78, 5) is 26.1. The monoisotopic (exact) mass is 477 g/mol. The molecule has 7 nitrogen and oxygen atoms in total. The number of fused-ring (bicyclic) bond motifs is 1. The van der Waals surface area contributed by atoms with Crippen LogP contribution < -0.4 is 15.5 Å². The molecular formula is C26H27N3O4S. The fourth-order valence-electron chi connectivity index (χ4n) is 3.80. The van der Waals surface area contributed by atoms with Gasteiger partial charge in [-0.25, -0.2) is 15.0 Å².